The van der Waals surface area contributed by atoms with Crippen molar-refractivity contribution in [2.24, 2.45) is 5.92 Å². The minimum atomic E-state index is -0.398. The molecule has 0 aliphatic carbocycles. The zero-order chi connectivity index (χ0) is 17.8. The van der Waals surface area contributed by atoms with Crippen LogP contribution in [-0.4, -0.2) is 49.5 Å². The van der Waals surface area contributed by atoms with Crippen LogP contribution in [0, 0.1) is 12.8 Å². The average Bonchev–Trinajstić information content (AvgIpc) is 2.90. The summed E-state index contributed by atoms with van der Waals surface area (Å²) in [5.74, 6) is 1.23. The van der Waals surface area contributed by atoms with E-state index in [1.165, 1.54) is 0 Å². The first-order valence-corrected chi connectivity index (χ1v) is 9.06. The number of amides is 2. The van der Waals surface area contributed by atoms with Crippen molar-refractivity contribution < 1.29 is 14.3 Å². The fourth-order valence-corrected chi connectivity index (χ4v) is 3.46. The SMILES string of the molecule is Cc1cc(OC2CCN(C)C2=O)ccc1NC(=O)CC1CCNCC1. The molecule has 6 nitrogen and oxygen atoms in total. The lowest BCUT2D eigenvalue weighted by Crippen LogP contribution is -2.30. The van der Waals surface area contributed by atoms with Crippen LogP contribution in [0.25, 0.3) is 0 Å². The number of hydrogen-bond acceptors (Lipinski definition) is 4. The molecule has 2 fully saturated rings. The molecule has 2 saturated heterocycles. The average molecular weight is 345 g/mol. The van der Waals surface area contributed by atoms with Gasteiger partial charge < -0.3 is 20.3 Å². The van der Waals surface area contributed by atoms with Crippen molar-refractivity contribution in [3.63, 3.8) is 0 Å². The summed E-state index contributed by atoms with van der Waals surface area (Å²) in [6.07, 6.45) is 3.00. The van der Waals surface area contributed by atoms with Crippen molar-refractivity contribution in [1.82, 2.24) is 10.2 Å². The molecular formula is C19H27N3O3. The maximum absolute atomic E-state index is 12.3. The number of benzene rings is 1. The number of likely N-dealkylation sites (tertiary alicyclic amines) is 1. The van der Waals surface area contributed by atoms with Crippen LogP contribution in [0.4, 0.5) is 5.69 Å². The van der Waals surface area contributed by atoms with E-state index in [-0.39, 0.29) is 11.8 Å². The molecule has 6 heteroatoms. The van der Waals surface area contributed by atoms with Crippen LogP contribution >= 0.6 is 0 Å². The summed E-state index contributed by atoms with van der Waals surface area (Å²) >= 11 is 0. The van der Waals surface area contributed by atoms with E-state index in [1.807, 2.05) is 25.1 Å². The lowest BCUT2D eigenvalue weighted by atomic mass is 9.94. The van der Waals surface area contributed by atoms with Gasteiger partial charge in [-0.05, 0) is 62.5 Å². The molecule has 1 aromatic carbocycles. The molecule has 3 rings (SSSR count). The highest BCUT2D eigenvalue weighted by atomic mass is 16.5. The van der Waals surface area contributed by atoms with Crippen LogP contribution in [-0.2, 0) is 9.59 Å². The summed E-state index contributed by atoms with van der Waals surface area (Å²) in [6, 6.07) is 5.55. The van der Waals surface area contributed by atoms with Gasteiger partial charge in [0.25, 0.3) is 5.91 Å². The number of aryl methyl sites for hydroxylation is 1. The van der Waals surface area contributed by atoms with Gasteiger partial charge in [-0.15, -0.1) is 0 Å². The Bertz CT molecular complexity index is 641. The third-order valence-electron chi connectivity index (χ3n) is 5.06. The summed E-state index contributed by atoms with van der Waals surface area (Å²) in [7, 11) is 1.79. The third kappa shape index (κ3) is 4.51. The number of carbonyl (C=O) groups is 2. The molecule has 1 aromatic rings. The van der Waals surface area contributed by atoms with Gasteiger partial charge in [0.15, 0.2) is 6.10 Å². The van der Waals surface area contributed by atoms with Crippen molar-refractivity contribution >= 4 is 17.5 Å². The van der Waals surface area contributed by atoms with Crippen LogP contribution in [0.15, 0.2) is 18.2 Å². The second-order valence-corrected chi connectivity index (χ2v) is 7.08. The van der Waals surface area contributed by atoms with E-state index in [0.717, 1.165) is 43.7 Å². The fourth-order valence-electron chi connectivity index (χ4n) is 3.46. The second-order valence-electron chi connectivity index (χ2n) is 7.08. The van der Waals surface area contributed by atoms with Crippen molar-refractivity contribution in [2.45, 2.75) is 38.7 Å². The number of rotatable bonds is 5. The van der Waals surface area contributed by atoms with E-state index in [1.54, 1.807) is 11.9 Å². The van der Waals surface area contributed by atoms with Gasteiger partial charge in [0.1, 0.15) is 5.75 Å². The predicted molar refractivity (Wildman–Crippen MR) is 96.7 cm³/mol. The smallest absolute Gasteiger partial charge is 0.263 e. The number of hydrogen-bond donors (Lipinski definition) is 2. The summed E-state index contributed by atoms with van der Waals surface area (Å²) in [5.41, 5.74) is 1.75. The maximum atomic E-state index is 12.3. The van der Waals surface area contributed by atoms with E-state index in [2.05, 4.69) is 10.6 Å². The zero-order valence-corrected chi connectivity index (χ0v) is 15.0. The Morgan fingerprint density at radius 2 is 2.08 bits per heavy atom. The second kappa shape index (κ2) is 7.87. The topological polar surface area (TPSA) is 70.7 Å². The number of nitrogens with zero attached hydrogens (tertiary/aromatic N) is 1. The Labute approximate surface area is 148 Å². The van der Waals surface area contributed by atoms with E-state index >= 15 is 0 Å². The fraction of sp³-hybridized carbons (Fsp3) is 0.579. The molecule has 2 heterocycles. The number of piperidine rings is 1. The third-order valence-corrected chi connectivity index (χ3v) is 5.06. The highest BCUT2D eigenvalue weighted by Crippen LogP contribution is 2.25. The molecule has 1 unspecified atom stereocenters. The van der Waals surface area contributed by atoms with Crippen LogP contribution in [0.1, 0.15) is 31.2 Å². The lowest BCUT2D eigenvalue weighted by Gasteiger charge is -2.22. The Kier molecular flexibility index (Phi) is 5.58. The van der Waals surface area contributed by atoms with E-state index in [0.29, 0.717) is 24.5 Å². The molecule has 25 heavy (non-hydrogen) atoms. The van der Waals surface area contributed by atoms with Gasteiger partial charge in [-0.2, -0.15) is 0 Å². The summed E-state index contributed by atoms with van der Waals surface area (Å²) in [5, 5.41) is 6.32. The standard InChI is InChI=1S/C19H27N3O3/c1-13-11-15(25-17-7-10-22(2)19(17)24)3-4-16(13)21-18(23)12-14-5-8-20-9-6-14/h3-4,11,14,17,20H,5-10,12H2,1-2H3,(H,21,23). The summed E-state index contributed by atoms with van der Waals surface area (Å²) < 4.78 is 5.81. The Balaban J connectivity index is 1.56. The first kappa shape index (κ1) is 17.7. The van der Waals surface area contributed by atoms with E-state index < -0.39 is 6.10 Å². The van der Waals surface area contributed by atoms with E-state index in [9.17, 15) is 9.59 Å². The first-order valence-electron chi connectivity index (χ1n) is 9.06. The highest BCUT2D eigenvalue weighted by Gasteiger charge is 2.30. The molecule has 136 valence electrons. The molecule has 0 saturated carbocycles. The van der Waals surface area contributed by atoms with Crippen molar-refractivity contribution in [3.05, 3.63) is 23.8 Å². The van der Waals surface area contributed by atoms with Gasteiger partial charge in [0.05, 0.1) is 0 Å². The number of ether oxygens (including phenoxy) is 1. The minimum Gasteiger partial charge on any atom is -0.481 e. The minimum absolute atomic E-state index is 0.0250. The van der Waals surface area contributed by atoms with Crippen LogP contribution in [0.2, 0.25) is 0 Å². The molecule has 2 aliphatic rings. The molecule has 2 N–H and O–H groups in total. The van der Waals surface area contributed by atoms with E-state index in [4.69, 9.17) is 4.74 Å². The molecule has 0 radical (unpaired) electrons. The number of nitrogens with one attached hydrogen (secondary N) is 2. The molecule has 2 amide bonds. The van der Waals surface area contributed by atoms with Gasteiger partial charge in [0, 0.05) is 32.1 Å². The number of anilines is 1. The Hall–Kier alpha value is -2.08. The molecule has 0 aromatic heterocycles. The maximum Gasteiger partial charge on any atom is 0.263 e. The lowest BCUT2D eigenvalue weighted by molar-refractivity contribution is -0.132. The molecular weight excluding hydrogens is 318 g/mol. The van der Waals surface area contributed by atoms with Gasteiger partial charge in [-0.1, -0.05) is 0 Å². The Morgan fingerprint density at radius 3 is 2.72 bits per heavy atom. The van der Waals surface area contributed by atoms with Crippen LogP contribution in [0.5, 0.6) is 5.75 Å². The summed E-state index contributed by atoms with van der Waals surface area (Å²) in [6.45, 7) is 4.67. The largest absolute Gasteiger partial charge is 0.481 e. The van der Waals surface area contributed by atoms with Crippen LogP contribution in [0.3, 0.4) is 0 Å². The summed E-state index contributed by atoms with van der Waals surface area (Å²) in [4.78, 5) is 25.9. The first-order chi connectivity index (χ1) is 12.0. The highest BCUT2D eigenvalue weighted by molar-refractivity contribution is 5.91. The van der Waals surface area contributed by atoms with Gasteiger partial charge >= 0.3 is 0 Å². The van der Waals surface area contributed by atoms with Crippen LogP contribution < -0.4 is 15.4 Å². The van der Waals surface area contributed by atoms with Gasteiger partial charge in [-0.3, -0.25) is 9.59 Å². The van der Waals surface area contributed by atoms with Gasteiger partial charge in [0.2, 0.25) is 5.91 Å². The number of likely N-dealkylation sites (N-methyl/N-ethyl adjacent to an activating group) is 1. The van der Waals surface area contributed by atoms with Crippen molar-refractivity contribution in [1.29, 1.82) is 0 Å². The normalized spacial score (nSPS) is 21.4. The number of carbonyl (C=O) groups excluding carboxylic acids is 2. The molecule has 1 atom stereocenters. The van der Waals surface area contributed by atoms with Crippen molar-refractivity contribution in [2.75, 3.05) is 32.0 Å². The van der Waals surface area contributed by atoms with Gasteiger partial charge in [-0.25, -0.2) is 0 Å². The zero-order valence-electron chi connectivity index (χ0n) is 15.0. The molecule has 0 spiro atoms. The predicted octanol–water partition coefficient (Wildman–Crippen LogP) is 1.93. The van der Waals surface area contributed by atoms with Crippen molar-refractivity contribution in [3.8, 4) is 5.75 Å². The quantitative estimate of drug-likeness (QED) is 0.855. The molecule has 0 bridgehead atoms. The molecule has 2 aliphatic heterocycles. The monoisotopic (exact) mass is 345 g/mol. The Morgan fingerprint density at radius 1 is 1.32 bits per heavy atom.